The van der Waals surface area contributed by atoms with Crippen LogP contribution in [0.3, 0.4) is 0 Å². The summed E-state index contributed by atoms with van der Waals surface area (Å²) in [5.74, 6) is -9.35. The summed E-state index contributed by atoms with van der Waals surface area (Å²) in [5, 5.41) is 0. The number of rotatable bonds is 7. The van der Waals surface area contributed by atoms with Crippen LogP contribution in [0.1, 0.15) is 38.3 Å². The highest BCUT2D eigenvalue weighted by Gasteiger charge is 2.43. The Hall–Kier alpha value is -2.37. The molecule has 0 bridgehead atoms. The van der Waals surface area contributed by atoms with Crippen LogP contribution in [0.4, 0.5) is 39.5 Å². The molecule has 0 unspecified atom stereocenters. The van der Waals surface area contributed by atoms with Gasteiger partial charge in [0, 0.05) is 17.7 Å². The largest absolute Gasteiger partial charge is 0.432 e. The van der Waals surface area contributed by atoms with Crippen LogP contribution < -0.4 is 10.2 Å². The molecule has 0 atom stereocenters. The average molecular weight is 458 g/mol. The summed E-state index contributed by atoms with van der Waals surface area (Å²) in [6.45, 7) is 5.21. The molecule has 2 aromatic carbocycles. The monoisotopic (exact) mass is 458 g/mol. The van der Waals surface area contributed by atoms with E-state index in [4.69, 9.17) is 4.65 Å². The predicted octanol–water partition coefficient (Wildman–Crippen LogP) is 5.57. The Kier molecular flexibility index (Phi) is 6.94. The first-order valence-corrected chi connectivity index (χ1v) is 8.83. The van der Waals surface area contributed by atoms with Gasteiger partial charge >= 0.3 is 19.8 Å². The minimum atomic E-state index is -5.43. The quantitative estimate of drug-likeness (QED) is 0.399. The van der Waals surface area contributed by atoms with E-state index in [2.05, 4.69) is 4.74 Å². The Balaban J connectivity index is 2.34. The third-order valence-corrected chi connectivity index (χ3v) is 4.42. The first-order chi connectivity index (χ1) is 14.1. The maximum atomic E-state index is 14.3. The van der Waals surface area contributed by atoms with Gasteiger partial charge in [-0.05, 0) is 37.9 Å². The first-order valence-electron chi connectivity index (χ1n) is 8.83. The van der Waals surface area contributed by atoms with Crippen molar-refractivity contribution in [3.63, 3.8) is 0 Å². The van der Waals surface area contributed by atoms with E-state index in [0.717, 1.165) is 0 Å². The maximum absolute atomic E-state index is 14.3. The lowest BCUT2D eigenvalue weighted by Gasteiger charge is -2.24. The number of benzene rings is 2. The molecule has 170 valence electrons. The Morgan fingerprint density at radius 1 is 0.774 bits per heavy atom. The topological polar surface area (TPSA) is 18.5 Å². The Bertz CT molecular complexity index is 912. The van der Waals surface area contributed by atoms with Gasteiger partial charge in [0.15, 0.2) is 0 Å². The van der Waals surface area contributed by atoms with Crippen molar-refractivity contribution in [3.05, 3.63) is 58.7 Å². The van der Waals surface area contributed by atoms with Gasteiger partial charge < -0.3 is 9.39 Å². The van der Waals surface area contributed by atoms with Gasteiger partial charge in [-0.15, -0.1) is 0 Å². The van der Waals surface area contributed by atoms with Crippen LogP contribution in [0.5, 0.6) is 5.75 Å². The summed E-state index contributed by atoms with van der Waals surface area (Å²) in [6.07, 6.45) is -9.67. The van der Waals surface area contributed by atoms with Crippen molar-refractivity contribution < 1.29 is 48.9 Å². The fourth-order valence-corrected chi connectivity index (χ4v) is 2.45. The Morgan fingerprint density at radius 3 is 1.65 bits per heavy atom. The molecule has 0 radical (unpaired) electrons. The van der Waals surface area contributed by atoms with Crippen molar-refractivity contribution in [1.82, 2.24) is 0 Å². The number of ether oxygens (including phenoxy) is 1. The van der Waals surface area contributed by atoms with Crippen molar-refractivity contribution >= 4 is 12.9 Å². The summed E-state index contributed by atoms with van der Waals surface area (Å²) in [4.78, 5) is 0. The van der Waals surface area contributed by atoms with Crippen LogP contribution in [0.25, 0.3) is 0 Å². The van der Waals surface area contributed by atoms with Gasteiger partial charge in [0.25, 0.3) is 0 Å². The highest BCUT2D eigenvalue weighted by molar-refractivity contribution is 6.47. The molecule has 0 aliphatic carbocycles. The molecule has 0 spiro atoms. The molecular formula is C19H16BF9O2. The van der Waals surface area contributed by atoms with Crippen molar-refractivity contribution in [2.75, 3.05) is 0 Å². The second-order valence-corrected chi connectivity index (χ2v) is 7.21. The average Bonchev–Trinajstić information content (AvgIpc) is 2.56. The Labute approximate surface area is 172 Å². The second kappa shape index (κ2) is 8.64. The molecule has 2 rings (SSSR count). The molecule has 0 heterocycles. The SMILES string of the molecule is CCC(C)(C)OBc1cc(F)c(C(F)(F)Oc2cc(F)c(C(F)(F)F)c(F)c2)c(F)c1. The molecule has 0 amide bonds. The Morgan fingerprint density at radius 2 is 1.23 bits per heavy atom. The molecule has 0 aliphatic rings. The third kappa shape index (κ3) is 5.87. The van der Waals surface area contributed by atoms with E-state index in [1.165, 1.54) is 0 Å². The van der Waals surface area contributed by atoms with Crippen LogP contribution in [-0.2, 0) is 16.9 Å². The summed E-state index contributed by atoms with van der Waals surface area (Å²) in [6, 6.07) is 0.806. The molecule has 0 aromatic heterocycles. The smallest absolute Gasteiger partial charge is 0.430 e. The zero-order chi connectivity index (χ0) is 23.8. The number of hydrogen-bond acceptors (Lipinski definition) is 2. The second-order valence-electron chi connectivity index (χ2n) is 7.21. The fourth-order valence-electron chi connectivity index (χ4n) is 2.45. The van der Waals surface area contributed by atoms with E-state index in [0.29, 0.717) is 18.6 Å². The predicted molar refractivity (Wildman–Crippen MR) is 94.5 cm³/mol. The zero-order valence-corrected chi connectivity index (χ0v) is 16.4. The molecule has 12 heteroatoms. The summed E-state index contributed by atoms with van der Waals surface area (Å²) < 4.78 is 131. The maximum Gasteiger partial charge on any atom is 0.432 e. The number of hydrogen-bond donors (Lipinski definition) is 0. The van der Waals surface area contributed by atoms with Crippen LogP contribution in [0, 0.1) is 23.3 Å². The minimum Gasteiger partial charge on any atom is -0.430 e. The van der Waals surface area contributed by atoms with Crippen LogP contribution in [-0.4, -0.2) is 13.1 Å². The van der Waals surface area contributed by atoms with Crippen molar-refractivity contribution in [2.45, 2.75) is 45.1 Å². The number of halogens is 9. The van der Waals surface area contributed by atoms with Gasteiger partial charge in [0.05, 0.1) is 0 Å². The lowest BCUT2D eigenvalue weighted by molar-refractivity contribution is -0.189. The lowest BCUT2D eigenvalue weighted by atomic mass is 9.85. The van der Waals surface area contributed by atoms with Crippen molar-refractivity contribution in [2.24, 2.45) is 0 Å². The first kappa shape index (κ1) is 24.9. The van der Waals surface area contributed by atoms with Gasteiger partial charge in [-0.3, -0.25) is 0 Å². The van der Waals surface area contributed by atoms with Crippen molar-refractivity contribution in [3.8, 4) is 5.75 Å². The molecule has 31 heavy (non-hydrogen) atoms. The molecule has 0 saturated carbocycles. The zero-order valence-electron chi connectivity index (χ0n) is 16.4. The van der Waals surface area contributed by atoms with Crippen LogP contribution in [0.15, 0.2) is 24.3 Å². The van der Waals surface area contributed by atoms with Crippen molar-refractivity contribution in [1.29, 1.82) is 0 Å². The summed E-state index contributed by atoms with van der Waals surface area (Å²) in [7, 11) is -0.295. The molecule has 2 nitrogen and oxygen atoms in total. The molecule has 0 N–H and O–H groups in total. The van der Waals surface area contributed by atoms with E-state index < -0.39 is 58.0 Å². The van der Waals surface area contributed by atoms with Gasteiger partial charge in [-0.1, -0.05) is 6.92 Å². The standard InChI is InChI=1S/C19H16BF9O2/c1-4-17(2,3)31-20-9-5-11(21)16(12(22)6-9)19(28,29)30-10-7-13(23)15(14(24)8-10)18(25,26)27/h5-8,20H,4H2,1-3H3. The molecule has 0 fully saturated rings. The molecule has 2 aromatic rings. The third-order valence-electron chi connectivity index (χ3n) is 4.42. The number of alkyl halides is 5. The van der Waals surface area contributed by atoms with E-state index in [1.54, 1.807) is 20.8 Å². The van der Waals surface area contributed by atoms with Crippen LogP contribution in [0.2, 0.25) is 0 Å². The highest BCUT2D eigenvalue weighted by atomic mass is 19.4. The fraction of sp³-hybridized carbons (Fsp3) is 0.368. The van der Waals surface area contributed by atoms with E-state index in [-0.39, 0.29) is 25.1 Å². The van der Waals surface area contributed by atoms with E-state index in [9.17, 15) is 39.5 Å². The van der Waals surface area contributed by atoms with E-state index >= 15 is 0 Å². The van der Waals surface area contributed by atoms with Gasteiger partial charge in [0.1, 0.15) is 40.1 Å². The highest BCUT2D eigenvalue weighted by Crippen LogP contribution is 2.39. The molecule has 0 aliphatic heterocycles. The lowest BCUT2D eigenvalue weighted by Crippen LogP contribution is -2.32. The summed E-state index contributed by atoms with van der Waals surface area (Å²) >= 11 is 0. The minimum absolute atomic E-state index is 0.109. The van der Waals surface area contributed by atoms with Crippen LogP contribution >= 0.6 is 0 Å². The van der Waals surface area contributed by atoms with E-state index in [1.807, 2.05) is 0 Å². The summed E-state index contributed by atoms with van der Waals surface area (Å²) in [5.41, 5.74) is -4.95. The normalized spacial score (nSPS) is 12.8. The molecular weight excluding hydrogens is 442 g/mol. The van der Waals surface area contributed by atoms with Gasteiger partial charge in [-0.2, -0.15) is 22.0 Å². The molecule has 0 saturated heterocycles. The van der Waals surface area contributed by atoms with Gasteiger partial charge in [-0.25, -0.2) is 17.6 Å². The van der Waals surface area contributed by atoms with Gasteiger partial charge in [0.2, 0.25) is 0 Å².